The van der Waals surface area contributed by atoms with Crippen LogP contribution >= 0.6 is 0 Å². The molecule has 118 valence electrons. The standard InChI is InChI=1S/C19H21N3O/c1-2-3-5-15-7-9-18(10-8-15)22-19(23)13-17(21-22)12-16-6-4-11-20-14-16/h4,6-11,13-14,21H,2-3,5,12H2,1H3. The topological polar surface area (TPSA) is 50.7 Å². The lowest BCUT2D eigenvalue weighted by Gasteiger charge is -2.05. The molecular formula is C19H21N3O. The monoisotopic (exact) mass is 307 g/mol. The summed E-state index contributed by atoms with van der Waals surface area (Å²) < 4.78 is 1.59. The Morgan fingerprint density at radius 3 is 2.65 bits per heavy atom. The minimum absolute atomic E-state index is 0.0369. The Bertz CT molecular complexity index is 801. The van der Waals surface area contributed by atoms with Gasteiger partial charge in [-0.2, -0.15) is 0 Å². The first-order valence-corrected chi connectivity index (χ1v) is 8.05. The zero-order valence-corrected chi connectivity index (χ0v) is 13.3. The van der Waals surface area contributed by atoms with Gasteiger partial charge in [0.2, 0.25) is 0 Å². The summed E-state index contributed by atoms with van der Waals surface area (Å²) in [6.07, 6.45) is 7.70. The van der Waals surface area contributed by atoms with E-state index in [4.69, 9.17) is 0 Å². The molecule has 1 N–H and O–H groups in total. The van der Waals surface area contributed by atoms with Crippen molar-refractivity contribution in [1.29, 1.82) is 0 Å². The van der Waals surface area contributed by atoms with Crippen LogP contribution in [0.4, 0.5) is 0 Å². The van der Waals surface area contributed by atoms with Crippen molar-refractivity contribution in [3.63, 3.8) is 0 Å². The maximum absolute atomic E-state index is 12.2. The number of nitrogens with one attached hydrogen (secondary N) is 1. The van der Waals surface area contributed by atoms with Gasteiger partial charge in [-0.15, -0.1) is 0 Å². The number of hydrogen-bond acceptors (Lipinski definition) is 2. The van der Waals surface area contributed by atoms with E-state index in [-0.39, 0.29) is 5.56 Å². The zero-order valence-electron chi connectivity index (χ0n) is 13.3. The Morgan fingerprint density at radius 2 is 1.96 bits per heavy atom. The molecule has 0 radical (unpaired) electrons. The molecule has 0 aliphatic carbocycles. The highest BCUT2D eigenvalue weighted by atomic mass is 16.1. The first kappa shape index (κ1) is 15.3. The van der Waals surface area contributed by atoms with Crippen molar-refractivity contribution in [3.8, 4) is 5.69 Å². The molecule has 23 heavy (non-hydrogen) atoms. The molecule has 3 aromatic rings. The highest BCUT2D eigenvalue weighted by molar-refractivity contribution is 5.34. The molecule has 4 nitrogen and oxygen atoms in total. The Balaban J connectivity index is 1.79. The van der Waals surface area contributed by atoms with E-state index in [1.807, 2.05) is 30.5 Å². The van der Waals surface area contributed by atoms with Gasteiger partial charge in [0.25, 0.3) is 5.56 Å². The fourth-order valence-electron chi connectivity index (χ4n) is 2.64. The lowest BCUT2D eigenvalue weighted by Crippen LogP contribution is -2.13. The van der Waals surface area contributed by atoms with E-state index in [2.05, 4.69) is 29.1 Å². The highest BCUT2D eigenvalue weighted by Gasteiger charge is 2.06. The quantitative estimate of drug-likeness (QED) is 0.758. The second kappa shape index (κ2) is 7.09. The average Bonchev–Trinajstić information content (AvgIpc) is 2.94. The molecule has 0 unspecified atom stereocenters. The molecular weight excluding hydrogens is 286 g/mol. The molecule has 0 amide bonds. The van der Waals surface area contributed by atoms with Crippen LogP contribution < -0.4 is 5.56 Å². The van der Waals surface area contributed by atoms with E-state index in [1.165, 1.54) is 18.4 Å². The van der Waals surface area contributed by atoms with E-state index in [0.717, 1.165) is 23.4 Å². The molecule has 0 spiro atoms. The number of unbranched alkanes of at least 4 members (excludes halogenated alkanes) is 1. The summed E-state index contributed by atoms with van der Waals surface area (Å²) >= 11 is 0. The SMILES string of the molecule is CCCCc1ccc(-n2[nH]c(Cc3cccnc3)cc2=O)cc1. The summed E-state index contributed by atoms with van der Waals surface area (Å²) in [6.45, 7) is 2.19. The van der Waals surface area contributed by atoms with Crippen molar-refractivity contribution in [2.24, 2.45) is 0 Å². The Hall–Kier alpha value is -2.62. The summed E-state index contributed by atoms with van der Waals surface area (Å²) in [4.78, 5) is 16.3. The van der Waals surface area contributed by atoms with Gasteiger partial charge in [0.1, 0.15) is 0 Å². The second-order valence-electron chi connectivity index (χ2n) is 5.76. The summed E-state index contributed by atoms with van der Waals surface area (Å²) in [6, 6.07) is 13.7. The highest BCUT2D eigenvalue weighted by Crippen LogP contribution is 2.11. The Morgan fingerprint density at radius 1 is 1.13 bits per heavy atom. The van der Waals surface area contributed by atoms with Crippen molar-refractivity contribution in [1.82, 2.24) is 14.8 Å². The molecule has 1 aromatic carbocycles. The van der Waals surface area contributed by atoms with Gasteiger partial charge in [-0.25, -0.2) is 4.68 Å². The smallest absolute Gasteiger partial charge is 0.271 e. The van der Waals surface area contributed by atoms with Crippen molar-refractivity contribution in [3.05, 3.63) is 82.0 Å². The summed E-state index contributed by atoms with van der Waals surface area (Å²) in [7, 11) is 0. The minimum atomic E-state index is -0.0369. The van der Waals surface area contributed by atoms with Crippen molar-refractivity contribution in [2.75, 3.05) is 0 Å². The zero-order chi connectivity index (χ0) is 16.1. The molecule has 0 saturated carbocycles. The van der Waals surface area contributed by atoms with Gasteiger partial charge in [0.15, 0.2) is 0 Å². The minimum Gasteiger partial charge on any atom is -0.295 e. The average molecular weight is 307 g/mol. The number of aromatic amines is 1. The van der Waals surface area contributed by atoms with Crippen molar-refractivity contribution in [2.45, 2.75) is 32.6 Å². The second-order valence-corrected chi connectivity index (χ2v) is 5.76. The molecule has 3 rings (SSSR count). The summed E-state index contributed by atoms with van der Waals surface area (Å²) in [5, 5.41) is 3.19. The predicted molar refractivity (Wildman–Crippen MR) is 92.0 cm³/mol. The number of nitrogens with zero attached hydrogens (tertiary/aromatic N) is 2. The van der Waals surface area contributed by atoms with Crippen LogP contribution in [0.3, 0.4) is 0 Å². The third kappa shape index (κ3) is 3.77. The molecule has 4 heteroatoms. The van der Waals surface area contributed by atoms with Gasteiger partial charge in [0, 0.05) is 30.6 Å². The maximum atomic E-state index is 12.2. The molecule has 2 heterocycles. The first-order valence-electron chi connectivity index (χ1n) is 8.05. The first-order chi connectivity index (χ1) is 11.3. The van der Waals surface area contributed by atoms with Gasteiger partial charge < -0.3 is 0 Å². The fraction of sp³-hybridized carbons (Fsp3) is 0.263. The fourth-order valence-corrected chi connectivity index (χ4v) is 2.64. The molecule has 0 aliphatic heterocycles. The Kier molecular flexibility index (Phi) is 4.71. The number of aryl methyl sites for hydroxylation is 1. The predicted octanol–water partition coefficient (Wildman–Crippen LogP) is 3.49. The summed E-state index contributed by atoms with van der Waals surface area (Å²) in [5.41, 5.74) is 4.11. The number of H-pyrrole nitrogens is 1. The largest absolute Gasteiger partial charge is 0.295 e. The summed E-state index contributed by atoms with van der Waals surface area (Å²) in [5.74, 6) is 0. The van der Waals surface area contributed by atoms with E-state index in [9.17, 15) is 4.79 Å². The van der Waals surface area contributed by atoms with Crippen LogP contribution in [-0.2, 0) is 12.8 Å². The third-order valence-electron chi connectivity index (χ3n) is 3.90. The van der Waals surface area contributed by atoms with Crippen molar-refractivity contribution < 1.29 is 0 Å². The molecule has 0 saturated heterocycles. The van der Waals surface area contributed by atoms with Gasteiger partial charge in [-0.05, 0) is 42.2 Å². The molecule has 0 atom stereocenters. The van der Waals surface area contributed by atoms with Crippen LogP contribution in [0, 0.1) is 0 Å². The van der Waals surface area contributed by atoms with E-state index < -0.39 is 0 Å². The number of hydrogen-bond donors (Lipinski definition) is 1. The van der Waals surface area contributed by atoms with Crippen LogP contribution in [0.25, 0.3) is 5.69 Å². The van der Waals surface area contributed by atoms with Crippen molar-refractivity contribution >= 4 is 0 Å². The number of aromatic nitrogens is 3. The lowest BCUT2D eigenvalue weighted by molar-refractivity contribution is 0.791. The molecule has 0 aliphatic rings. The van der Waals surface area contributed by atoms with Crippen LogP contribution in [-0.4, -0.2) is 14.8 Å². The van der Waals surface area contributed by atoms with Gasteiger partial charge in [-0.1, -0.05) is 31.5 Å². The van der Waals surface area contributed by atoms with E-state index in [0.29, 0.717) is 6.42 Å². The van der Waals surface area contributed by atoms with Crippen LogP contribution in [0.2, 0.25) is 0 Å². The van der Waals surface area contributed by atoms with E-state index >= 15 is 0 Å². The Labute approximate surface area is 135 Å². The third-order valence-corrected chi connectivity index (χ3v) is 3.90. The normalized spacial score (nSPS) is 10.8. The maximum Gasteiger partial charge on any atom is 0.271 e. The molecule has 2 aromatic heterocycles. The van der Waals surface area contributed by atoms with Gasteiger partial charge in [0.05, 0.1) is 5.69 Å². The molecule has 0 bridgehead atoms. The number of rotatable bonds is 6. The lowest BCUT2D eigenvalue weighted by atomic mass is 10.1. The van der Waals surface area contributed by atoms with E-state index in [1.54, 1.807) is 16.9 Å². The van der Waals surface area contributed by atoms with Crippen LogP contribution in [0.5, 0.6) is 0 Å². The molecule has 0 fully saturated rings. The van der Waals surface area contributed by atoms with Gasteiger partial charge >= 0.3 is 0 Å². The van der Waals surface area contributed by atoms with Crippen LogP contribution in [0.15, 0.2) is 59.7 Å². The number of pyridine rings is 1. The van der Waals surface area contributed by atoms with Crippen LogP contribution in [0.1, 0.15) is 36.6 Å². The number of benzene rings is 1. The van der Waals surface area contributed by atoms with Gasteiger partial charge in [-0.3, -0.25) is 14.9 Å².